The first kappa shape index (κ1) is 18.9. The van der Waals surface area contributed by atoms with Crippen LogP contribution < -0.4 is 0 Å². The van der Waals surface area contributed by atoms with Crippen molar-refractivity contribution in [1.82, 2.24) is 9.80 Å². The van der Waals surface area contributed by atoms with Gasteiger partial charge in [-0.15, -0.1) is 0 Å². The lowest BCUT2D eigenvalue weighted by Gasteiger charge is -2.33. The maximum Gasteiger partial charge on any atom is 0.233 e. The number of aliphatic hydroxyl groups excluding tert-OH is 2. The Morgan fingerprint density at radius 3 is 2.26 bits per heavy atom. The molecule has 2 heterocycles. The molecular formula is C22H32N2O3. The van der Waals surface area contributed by atoms with Crippen molar-refractivity contribution in [1.29, 1.82) is 0 Å². The Labute approximate surface area is 162 Å². The van der Waals surface area contributed by atoms with Crippen LogP contribution in [0, 0.1) is 17.8 Å². The average Bonchev–Trinajstić information content (AvgIpc) is 3.44. The first-order chi connectivity index (χ1) is 13.2. The number of benzene rings is 1. The van der Waals surface area contributed by atoms with Crippen molar-refractivity contribution in [2.75, 3.05) is 45.9 Å². The van der Waals surface area contributed by atoms with E-state index in [1.54, 1.807) is 0 Å². The van der Waals surface area contributed by atoms with Gasteiger partial charge in [-0.2, -0.15) is 0 Å². The third-order valence-corrected chi connectivity index (χ3v) is 7.04. The Hall–Kier alpha value is -1.43. The summed E-state index contributed by atoms with van der Waals surface area (Å²) in [6.07, 6.45) is 3.98. The van der Waals surface area contributed by atoms with E-state index in [1.807, 2.05) is 23.1 Å². The zero-order valence-corrected chi connectivity index (χ0v) is 16.1. The van der Waals surface area contributed by atoms with Crippen molar-refractivity contribution in [2.24, 2.45) is 17.8 Å². The van der Waals surface area contributed by atoms with Gasteiger partial charge in [-0.05, 0) is 56.2 Å². The van der Waals surface area contributed by atoms with E-state index in [2.05, 4.69) is 17.0 Å². The van der Waals surface area contributed by atoms with Crippen molar-refractivity contribution in [3.8, 4) is 0 Å². The normalized spacial score (nSPS) is 28.4. The number of hydrogen-bond acceptors (Lipinski definition) is 4. The van der Waals surface area contributed by atoms with Gasteiger partial charge in [0.2, 0.25) is 5.91 Å². The third-order valence-electron chi connectivity index (χ3n) is 7.04. The molecule has 3 aliphatic rings. The second-order valence-corrected chi connectivity index (χ2v) is 8.79. The summed E-state index contributed by atoms with van der Waals surface area (Å²) in [4.78, 5) is 17.8. The molecule has 0 bridgehead atoms. The van der Waals surface area contributed by atoms with Gasteiger partial charge in [0.05, 0.1) is 5.41 Å². The summed E-state index contributed by atoms with van der Waals surface area (Å²) in [7, 11) is 0. The molecule has 2 atom stereocenters. The summed E-state index contributed by atoms with van der Waals surface area (Å²) in [6.45, 7) is 4.87. The predicted molar refractivity (Wildman–Crippen MR) is 104 cm³/mol. The molecule has 1 amide bonds. The summed E-state index contributed by atoms with van der Waals surface area (Å²) in [5.41, 5.74) is 0.834. The fourth-order valence-electron chi connectivity index (χ4n) is 5.01. The highest BCUT2D eigenvalue weighted by molar-refractivity contribution is 5.91. The van der Waals surface area contributed by atoms with Crippen LogP contribution in [0.1, 0.15) is 31.2 Å². The number of amides is 1. The Kier molecular flexibility index (Phi) is 5.53. The van der Waals surface area contributed by atoms with Gasteiger partial charge in [0.1, 0.15) is 0 Å². The average molecular weight is 373 g/mol. The second kappa shape index (κ2) is 7.90. The van der Waals surface area contributed by atoms with Crippen LogP contribution in [0.25, 0.3) is 0 Å². The molecule has 0 radical (unpaired) electrons. The van der Waals surface area contributed by atoms with Gasteiger partial charge in [0, 0.05) is 38.8 Å². The van der Waals surface area contributed by atoms with Gasteiger partial charge in [-0.25, -0.2) is 0 Å². The zero-order chi connectivity index (χ0) is 18.9. The minimum atomic E-state index is -0.310. The van der Waals surface area contributed by atoms with Crippen molar-refractivity contribution in [3.63, 3.8) is 0 Å². The predicted octanol–water partition coefficient (Wildman–Crippen LogP) is 1.49. The fraction of sp³-hybridized carbons (Fsp3) is 0.682. The Morgan fingerprint density at radius 1 is 1.00 bits per heavy atom. The highest BCUT2D eigenvalue weighted by Gasteiger charge is 2.54. The second-order valence-electron chi connectivity index (χ2n) is 8.79. The summed E-state index contributed by atoms with van der Waals surface area (Å²) in [5, 5.41) is 19.2. The van der Waals surface area contributed by atoms with Gasteiger partial charge in [0.15, 0.2) is 0 Å². The Balaban J connectivity index is 1.39. The summed E-state index contributed by atoms with van der Waals surface area (Å²) in [6, 6.07) is 10.2. The van der Waals surface area contributed by atoms with Crippen LogP contribution in [0.2, 0.25) is 0 Å². The molecule has 148 valence electrons. The van der Waals surface area contributed by atoms with Gasteiger partial charge >= 0.3 is 0 Å². The van der Waals surface area contributed by atoms with Crippen molar-refractivity contribution in [3.05, 3.63) is 35.9 Å². The van der Waals surface area contributed by atoms with E-state index >= 15 is 0 Å². The molecule has 1 aliphatic carbocycles. The maximum absolute atomic E-state index is 13.3. The largest absolute Gasteiger partial charge is 0.396 e. The maximum atomic E-state index is 13.3. The first-order valence-corrected chi connectivity index (χ1v) is 10.5. The minimum absolute atomic E-state index is 0.153. The van der Waals surface area contributed by atoms with Gasteiger partial charge in [-0.1, -0.05) is 30.3 Å². The molecule has 0 unspecified atom stereocenters. The van der Waals surface area contributed by atoms with E-state index in [-0.39, 0.29) is 23.8 Å². The van der Waals surface area contributed by atoms with E-state index in [9.17, 15) is 15.0 Å². The smallest absolute Gasteiger partial charge is 0.233 e. The molecule has 2 saturated heterocycles. The lowest BCUT2D eigenvalue weighted by atomic mass is 9.93. The number of rotatable bonds is 6. The standard InChI is InChI=1S/C22H32N2O3/c25-15-17-6-10-23(11-7-17)12-18-13-24(14-19(18)16-26)21(27)22(8-9-22)20-4-2-1-3-5-20/h1-5,17-19,25-26H,6-16H2/t18-,19-/m0/s1. The lowest BCUT2D eigenvalue weighted by molar-refractivity contribution is -0.133. The molecule has 27 heavy (non-hydrogen) atoms. The molecule has 1 aromatic rings. The van der Waals surface area contributed by atoms with Crippen LogP contribution in [-0.2, 0) is 10.2 Å². The summed E-state index contributed by atoms with van der Waals surface area (Å²) in [5.74, 6) is 1.22. The van der Waals surface area contributed by atoms with E-state index < -0.39 is 0 Å². The molecule has 1 aromatic carbocycles. The van der Waals surface area contributed by atoms with Gasteiger partial charge in [-0.3, -0.25) is 4.79 Å². The number of hydrogen-bond donors (Lipinski definition) is 2. The Bertz CT molecular complexity index is 638. The highest BCUT2D eigenvalue weighted by Crippen LogP contribution is 2.50. The quantitative estimate of drug-likeness (QED) is 0.794. The number of carbonyl (C=O) groups excluding carboxylic acids is 1. The molecule has 2 aliphatic heterocycles. The van der Waals surface area contributed by atoms with Crippen LogP contribution in [0.15, 0.2) is 30.3 Å². The molecule has 5 heteroatoms. The topological polar surface area (TPSA) is 64.0 Å². The van der Waals surface area contributed by atoms with Crippen molar-refractivity contribution in [2.45, 2.75) is 31.1 Å². The van der Waals surface area contributed by atoms with Crippen LogP contribution >= 0.6 is 0 Å². The third kappa shape index (κ3) is 3.78. The van der Waals surface area contributed by atoms with Crippen LogP contribution in [0.5, 0.6) is 0 Å². The van der Waals surface area contributed by atoms with E-state index in [4.69, 9.17) is 0 Å². The number of nitrogens with zero attached hydrogens (tertiary/aromatic N) is 2. The molecule has 1 saturated carbocycles. The first-order valence-electron chi connectivity index (χ1n) is 10.5. The molecule has 2 N–H and O–H groups in total. The van der Waals surface area contributed by atoms with E-state index in [0.29, 0.717) is 25.0 Å². The molecule has 4 rings (SSSR count). The number of piperidine rings is 1. The zero-order valence-electron chi connectivity index (χ0n) is 16.1. The van der Waals surface area contributed by atoms with Crippen molar-refractivity contribution < 1.29 is 15.0 Å². The Morgan fingerprint density at radius 2 is 1.67 bits per heavy atom. The molecule has 3 fully saturated rings. The number of likely N-dealkylation sites (tertiary alicyclic amines) is 2. The minimum Gasteiger partial charge on any atom is -0.396 e. The van der Waals surface area contributed by atoms with Crippen LogP contribution in [-0.4, -0.2) is 71.9 Å². The molecular weight excluding hydrogens is 340 g/mol. The number of aliphatic hydroxyl groups is 2. The summed E-state index contributed by atoms with van der Waals surface area (Å²) < 4.78 is 0. The SMILES string of the molecule is O=C(N1C[C@@H](CO)[C@@H](CN2CCC(CO)CC2)C1)C1(c2ccccc2)CC1. The van der Waals surface area contributed by atoms with Crippen LogP contribution in [0.3, 0.4) is 0 Å². The fourth-order valence-corrected chi connectivity index (χ4v) is 5.01. The lowest BCUT2D eigenvalue weighted by Crippen LogP contribution is -2.41. The van der Waals surface area contributed by atoms with Crippen LogP contribution in [0.4, 0.5) is 0 Å². The molecule has 5 nitrogen and oxygen atoms in total. The number of carbonyl (C=O) groups is 1. The molecule has 0 aromatic heterocycles. The van der Waals surface area contributed by atoms with Crippen molar-refractivity contribution >= 4 is 5.91 Å². The van der Waals surface area contributed by atoms with E-state index in [0.717, 1.165) is 57.4 Å². The molecule has 0 spiro atoms. The van der Waals surface area contributed by atoms with Gasteiger partial charge < -0.3 is 20.0 Å². The highest BCUT2D eigenvalue weighted by atomic mass is 16.3. The van der Waals surface area contributed by atoms with E-state index in [1.165, 1.54) is 0 Å². The summed E-state index contributed by atoms with van der Waals surface area (Å²) >= 11 is 0. The van der Waals surface area contributed by atoms with Gasteiger partial charge in [0.25, 0.3) is 0 Å². The monoisotopic (exact) mass is 372 g/mol.